The molecule has 0 unspecified atom stereocenters. The van der Waals surface area contributed by atoms with Gasteiger partial charge in [0.05, 0.1) is 11.1 Å². The summed E-state index contributed by atoms with van der Waals surface area (Å²) in [7, 11) is 0. The molecule has 4 N–H and O–H groups in total. The number of rotatable bonds is 2. The molecule has 2 aromatic rings. The Morgan fingerprint density at radius 1 is 1.10 bits per heavy atom. The highest BCUT2D eigenvalue weighted by Crippen LogP contribution is 2.23. The van der Waals surface area contributed by atoms with Crippen LogP contribution in [0.4, 0.5) is 17.5 Å². The van der Waals surface area contributed by atoms with E-state index in [0.717, 1.165) is 0 Å². The average Bonchev–Trinajstić information content (AvgIpc) is 2.63. The highest BCUT2D eigenvalue weighted by molar-refractivity contribution is 6.29. The summed E-state index contributed by atoms with van der Waals surface area (Å²) in [5.41, 5.74) is 6.74. The summed E-state index contributed by atoms with van der Waals surface area (Å²) in [5.74, 6) is -0.388. The van der Waals surface area contributed by atoms with Crippen LogP contribution < -0.4 is 16.4 Å². The zero-order valence-electron chi connectivity index (χ0n) is 9.98. The highest BCUT2D eigenvalue weighted by atomic mass is 35.5. The van der Waals surface area contributed by atoms with Crippen LogP contribution in [0.3, 0.4) is 0 Å². The number of carbonyl (C=O) groups excluding carboxylic acids is 2. The van der Waals surface area contributed by atoms with Crippen molar-refractivity contribution in [1.82, 2.24) is 15.3 Å². The van der Waals surface area contributed by atoms with Gasteiger partial charge in [-0.05, 0) is 18.2 Å². The molecule has 0 saturated heterocycles. The third-order valence-electron chi connectivity index (χ3n) is 2.72. The number of hydrogen-bond acceptors (Lipinski definition) is 6. The number of amides is 2. The van der Waals surface area contributed by atoms with Gasteiger partial charge in [-0.2, -0.15) is 4.98 Å². The summed E-state index contributed by atoms with van der Waals surface area (Å²) in [6, 6.07) is 6.27. The van der Waals surface area contributed by atoms with Crippen molar-refractivity contribution in [2.75, 3.05) is 11.1 Å². The van der Waals surface area contributed by atoms with E-state index in [-0.39, 0.29) is 11.1 Å². The normalized spacial score (nSPS) is 13.1. The summed E-state index contributed by atoms with van der Waals surface area (Å²) in [6.07, 6.45) is 0. The maximum absolute atomic E-state index is 11.6. The molecule has 2 heterocycles. The SMILES string of the molecule is Nc1nc(Cl)cc(Nc2ccc3c(c2)C(=O)NC3=O)n1. The fourth-order valence-corrected chi connectivity index (χ4v) is 2.08. The van der Waals surface area contributed by atoms with Crippen LogP contribution in [0.1, 0.15) is 20.7 Å². The smallest absolute Gasteiger partial charge is 0.259 e. The summed E-state index contributed by atoms with van der Waals surface area (Å²) >= 11 is 5.77. The van der Waals surface area contributed by atoms with E-state index in [1.807, 2.05) is 0 Å². The van der Waals surface area contributed by atoms with E-state index in [4.69, 9.17) is 17.3 Å². The number of carbonyl (C=O) groups is 2. The molecule has 0 aliphatic carbocycles. The van der Waals surface area contributed by atoms with Crippen molar-refractivity contribution in [3.63, 3.8) is 0 Å². The Labute approximate surface area is 118 Å². The Balaban J connectivity index is 1.94. The molecule has 0 spiro atoms. The molecule has 1 aromatic heterocycles. The monoisotopic (exact) mass is 289 g/mol. The topological polar surface area (TPSA) is 110 Å². The molecule has 0 saturated carbocycles. The molecule has 20 heavy (non-hydrogen) atoms. The number of fused-ring (bicyclic) bond motifs is 1. The van der Waals surface area contributed by atoms with Gasteiger partial charge >= 0.3 is 0 Å². The first-order chi connectivity index (χ1) is 9.52. The molecule has 0 atom stereocenters. The number of imide groups is 1. The maximum Gasteiger partial charge on any atom is 0.259 e. The summed E-state index contributed by atoms with van der Waals surface area (Å²) in [6.45, 7) is 0. The van der Waals surface area contributed by atoms with Crippen molar-refractivity contribution in [2.45, 2.75) is 0 Å². The molecule has 0 fully saturated rings. The van der Waals surface area contributed by atoms with Crippen molar-refractivity contribution < 1.29 is 9.59 Å². The minimum atomic E-state index is -0.422. The molecular formula is C12H8ClN5O2. The van der Waals surface area contributed by atoms with E-state index in [9.17, 15) is 9.59 Å². The van der Waals surface area contributed by atoms with Crippen LogP contribution in [0.15, 0.2) is 24.3 Å². The van der Waals surface area contributed by atoms with Crippen molar-refractivity contribution in [3.05, 3.63) is 40.5 Å². The van der Waals surface area contributed by atoms with Crippen LogP contribution >= 0.6 is 11.6 Å². The van der Waals surface area contributed by atoms with Gasteiger partial charge in [0.1, 0.15) is 11.0 Å². The molecule has 1 aliphatic heterocycles. The number of nitrogens with zero attached hydrogens (tertiary/aromatic N) is 2. The lowest BCUT2D eigenvalue weighted by atomic mass is 10.1. The lowest BCUT2D eigenvalue weighted by Gasteiger charge is -2.07. The Kier molecular flexibility index (Phi) is 2.76. The van der Waals surface area contributed by atoms with E-state index in [0.29, 0.717) is 22.6 Å². The first kappa shape index (κ1) is 12.4. The van der Waals surface area contributed by atoms with Crippen molar-refractivity contribution >= 4 is 40.9 Å². The minimum Gasteiger partial charge on any atom is -0.368 e. The molecular weight excluding hydrogens is 282 g/mol. The summed E-state index contributed by atoms with van der Waals surface area (Å²) in [5, 5.41) is 5.37. The second-order valence-electron chi connectivity index (χ2n) is 4.10. The zero-order chi connectivity index (χ0) is 14.3. The first-order valence-corrected chi connectivity index (χ1v) is 5.97. The third kappa shape index (κ3) is 2.14. The van der Waals surface area contributed by atoms with Gasteiger partial charge in [-0.1, -0.05) is 11.6 Å². The molecule has 0 bridgehead atoms. The van der Waals surface area contributed by atoms with Crippen LogP contribution in [0, 0.1) is 0 Å². The lowest BCUT2D eigenvalue weighted by molar-refractivity contribution is 0.0879. The van der Waals surface area contributed by atoms with Gasteiger partial charge < -0.3 is 11.1 Å². The zero-order valence-corrected chi connectivity index (χ0v) is 10.7. The first-order valence-electron chi connectivity index (χ1n) is 5.60. The molecule has 1 aromatic carbocycles. The molecule has 2 amide bonds. The number of halogens is 1. The largest absolute Gasteiger partial charge is 0.368 e. The molecule has 8 heteroatoms. The summed E-state index contributed by atoms with van der Waals surface area (Å²) in [4.78, 5) is 30.7. The Bertz CT molecular complexity index is 726. The molecule has 3 rings (SSSR count). The van der Waals surface area contributed by atoms with Crippen molar-refractivity contribution in [3.8, 4) is 0 Å². The number of nitrogens with one attached hydrogen (secondary N) is 2. The van der Waals surface area contributed by atoms with Crippen LogP contribution in [0.2, 0.25) is 5.15 Å². The number of nitrogen functional groups attached to an aromatic ring is 1. The quantitative estimate of drug-likeness (QED) is 0.568. The van der Waals surface area contributed by atoms with Gasteiger partial charge in [-0.15, -0.1) is 0 Å². The van der Waals surface area contributed by atoms with Gasteiger partial charge in [0.15, 0.2) is 0 Å². The molecule has 100 valence electrons. The Morgan fingerprint density at radius 3 is 2.60 bits per heavy atom. The van der Waals surface area contributed by atoms with E-state index in [1.165, 1.54) is 6.07 Å². The van der Waals surface area contributed by atoms with Crippen molar-refractivity contribution in [1.29, 1.82) is 0 Å². The number of anilines is 3. The number of hydrogen-bond donors (Lipinski definition) is 3. The van der Waals surface area contributed by atoms with Crippen LogP contribution in [0.25, 0.3) is 0 Å². The second kappa shape index (κ2) is 4.46. The molecule has 0 radical (unpaired) electrons. The van der Waals surface area contributed by atoms with Gasteiger partial charge in [0.2, 0.25) is 5.95 Å². The van der Waals surface area contributed by atoms with Gasteiger partial charge in [-0.3, -0.25) is 14.9 Å². The fourth-order valence-electron chi connectivity index (χ4n) is 1.89. The van der Waals surface area contributed by atoms with Crippen molar-refractivity contribution in [2.24, 2.45) is 0 Å². The predicted molar refractivity (Wildman–Crippen MR) is 73.0 cm³/mol. The third-order valence-corrected chi connectivity index (χ3v) is 2.91. The predicted octanol–water partition coefficient (Wildman–Crippen LogP) is 1.34. The Hall–Kier alpha value is -2.67. The van der Waals surface area contributed by atoms with Gasteiger partial charge in [0, 0.05) is 11.8 Å². The summed E-state index contributed by atoms with van der Waals surface area (Å²) < 4.78 is 0. The van der Waals surface area contributed by atoms with Gasteiger partial charge in [-0.25, -0.2) is 4.98 Å². The second-order valence-corrected chi connectivity index (χ2v) is 4.49. The number of nitrogens with two attached hydrogens (primary N) is 1. The van der Waals surface area contributed by atoms with E-state index < -0.39 is 11.8 Å². The maximum atomic E-state index is 11.6. The van der Waals surface area contributed by atoms with Crippen LogP contribution in [-0.2, 0) is 0 Å². The molecule has 7 nitrogen and oxygen atoms in total. The van der Waals surface area contributed by atoms with E-state index in [1.54, 1.807) is 18.2 Å². The van der Waals surface area contributed by atoms with Gasteiger partial charge in [0.25, 0.3) is 11.8 Å². The molecule has 1 aliphatic rings. The van der Waals surface area contributed by atoms with Crippen LogP contribution in [-0.4, -0.2) is 21.8 Å². The standard InChI is InChI=1S/C12H8ClN5O2/c13-8-4-9(17-12(14)16-8)15-5-1-2-6-7(3-5)11(20)18-10(6)19/h1-4H,(H,18,19,20)(H3,14,15,16,17). The van der Waals surface area contributed by atoms with Crippen LogP contribution in [0.5, 0.6) is 0 Å². The highest BCUT2D eigenvalue weighted by Gasteiger charge is 2.26. The average molecular weight is 290 g/mol. The number of aromatic nitrogens is 2. The number of benzene rings is 1. The fraction of sp³-hybridized carbons (Fsp3) is 0. The van der Waals surface area contributed by atoms with E-state index in [2.05, 4.69) is 20.6 Å². The Morgan fingerprint density at radius 2 is 1.85 bits per heavy atom. The minimum absolute atomic E-state index is 0.0362. The lowest BCUT2D eigenvalue weighted by Crippen LogP contribution is -2.19. The van der Waals surface area contributed by atoms with E-state index >= 15 is 0 Å².